The van der Waals surface area contributed by atoms with E-state index < -0.39 is 0 Å². The van der Waals surface area contributed by atoms with E-state index in [1.54, 1.807) is 19.1 Å². The summed E-state index contributed by atoms with van der Waals surface area (Å²) in [4.78, 5) is 0. The Morgan fingerprint density at radius 2 is 2.18 bits per heavy atom. The van der Waals surface area contributed by atoms with E-state index in [-0.39, 0.29) is 5.82 Å². The van der Waals surface area contributed by atoms with Crippen LogP contribution in [0.3, 0.4) is 0 Å². The average Bonchev–Trinajstić information content (AvgIpc) is 1.99. The molecule has 1 aromatic carbocycles. The van der Waals surface area contributed by atoms with Crippen molar-refractivity contribution in [2.45, 2.75) is 13.5 Å². The van der Waals surface area contributed by atoms with E-state index in [9.17, 15) is 4.39 Å². The number of hydrogen-bond acceptors (Lipinski definition) is 0. The summed E-state index contributed by atoms with van der Waals surface area (Å²) in [5, 5.41) is 0.461. The lowest BCUT2D eigenvalue weighted by Crippen LogP contribution is -2.48. The van der Waals surface area contributed by atoms with Crippen molar-refractivity contribution in [3.63, 3.8) is 0 Å². The molecule has 0 aliphatic rings. The van der Waals surface area contributed by atoms with Gasteiger partial charge in [0.2, 0.25) is 0 Å². The van der Waals surface area contributed by atoms with Gasteiger partial charge in [0.15, 0.2) is 0 Å². The summed E-state index contributed by atoms with van der Waals surface area (Å²) in [6.45, 7) is 2.11. The predicted octanol–water partition coefficient (Wildman–Crippen LogP) is 1.53. The zero-order valence-electron chi connectivity index (χ0n) is 6.32. The molecule has 0 heterocycles. The van der Waals surface area contributed by atoms with E-state index in [1.807, 2.05) is 0 Å². The molecular weight excluding hydrogens is 165 g/mol. The highest BCUT2D eigenvalue weighted by Gasteiger charge is 2.08. The van der Waals surface area contributed by atoms with Gasteiger partial charge in [-0.3, -0.25) is 0 Å². The van der Waals surface area contributed by atoms with Crippen molar-refractivity contribution in [2.24, 2.45) is 0 Å². The Kier molecular flexibility index (Phi) is 2.47. The first-order valence-electron chi connectivity index (χ1n) is 3.39. The zero-order valence-corrected chi connectivity index (χ0v) is 7.08. The first kappa shape index (κ1) is 8.50. The van der Waals surface area contributed by atoms with Crippen LogP contribution in [0.5, 0.6) is 0 Å². The Morgan fingerprint density at radius 3 is 2.64 bits per heavy atom. The van der Waals surface area contributed by atoms with Crippen LogP contribution in [0.25, 0.3) is 0 Å². The van der Waals surface area contributed by atoms with Gasteiger partial charge in [-0.05, 0) is 18.6 Å². The van der Waals surface area contributed by atoms with Crippen LogP contribution in [-0.4, -0.2) is 0 Å². The maximum atomic E-state index is 13.1. The number of quaternary nitrogens is 1. The Labute approximate surface area is 70.0 Å². The standard InChI is InChI=1S/C8H9ClFN/c1-5-2-3-7(9)6(4-11)8(5)10/h2-3H,4,11H2,1H3/p+1. The molecule has 11 heavy (non-hydrogen) atoms. The molecule has 3 heteroatoms. The summed E-state index contributed by atoms with van der Waals surface area (Å²) in [6, 6.07) is 3.36. The third-order valence-electron chi connectivity index (χ3n) is 1.63. The maximum Gasteiger partial charge on any atom is 0.136 e. The minimum atomic E-state index is -0.229. The van der Waals surface area contributed by atoms with Crippen molar-refractivity contribution in [3.8, 4) is 0 Å². The number of hydrogen-bond donors (Lipinski definition) is 1. The summed E-state index contributed by atoms with van der Waals surface area (Å²) in [5.74, 6) is -0.229. The summed E-state index contributed by atoms with van der Waals surface area (Å²) in [7, 11) is 0. The fourth-order valence-electron chi connectivity index (χ4n) is 0.944. The van der Waals surface area contributed by atoms with Crippen LogP contribution in [0.4, 0.5) is 4.39 Å². The molecule has 0 atom stereocenters. The molecule has 0 unspecified atom stereocenters. The van der Waals surface area contributed by atoms with E-state index in [2.05, 4.69) is 5.73 Å². The maximum absolute atomic E-state index is 13.1. The van der Waals surface area contributed by atoms with Crippen LogP contribution in [0.1, 0.15) is 11.1 Å². The lowest BCUT2D eigenvalue weighted by Gasteiger charge is -2.02. The van der Waals surface area contributed by atoms with Gasteiger partial charge in [0, 0.05) is 0 Å². The Hall–Kier alpha value is -0.600. The van der Waals surface area contributed by atoms with Gasteiger partial charge in [0.05, 0.1) is 10.6 Å². The minimum absolute atomic E-state index is 0.229. The van der Waals surface area contributed by atoms with Crippen LogP contribution in [-0.2, 0) is 6.54 Å². The van der Waals surface area contributed by atoms with Gasteiger partial charge < -0.3 is 5.73 Å². The zero-order chi connectivity index (χ0) is 8.43. The van der Waals surface area contributed by atoms with Crippen molar-refractivity contribution in [3.05, 3.63) is 34.1 Å². The molecule has 0 radical (unpaired) electrons. The fourth-order valence-corrected chi connectivity index (χ4v) is 1.18. The second-order valence-corrected chi connectivity index (χ2v) is 2.81. The number of benzene rings is 1. The van der Waals surface area contributed by atoms with E-state index in [4.69, 9.17) is 11.6 Å². The first-order chi connectivity index (χ1) is 5.16. The molecule has 60 valence electrons. The van der Waals surface area contributed by atoms with Crippen LogP contribution in [0.2, 0.25) is 5.02 Å². The second kappa shape index (κ2) is 3.20. The molecule has 0 spiro atoms. The van der Waals surface area contributed by atoms with Gasteiger partial charge in [0.25, 0.3) is 0 Å². The molecule has 0 bridgehead atoms. The molecule has 3 N–H and O–H groups in total. The highest BCUT2D eigenvalue weighted by Crippen LogP contribution is 2.20. The second-order valence-electron chi connectivity index (χ2n) is 2.41. The smallest absolute Gasteiger partial charge is 0.136 e. The molecule has 0 aliphatic heterocycles. The SMILES string of the molecule is Cc1ccc(Cl)c(C[NH3+])c1F. The Bertz CT molecular complexity index is 273. The van der Waals surface area contributed by atoms with Gasteiger partial charge in [-0.1, -0.05) is 17.7 Å². The molecule has 1 nitrogen and oxygen atoms in total. The first-order valence-corrected chi connectivity index (χ1v) is 3.77. The minimum Gasteiger partial charge on any atom is -0.354 e. The van der Waals surface area contributed by atoms with E-state index in [0.29, 0.717) is 22.7 Å². The van der Waals surface area contributed by atoms with Gasteiger partial charge in [-0.25, -0.2) is 4.39 Å². The molecule has 0 saturated carbocycles. The molecule has 0 fully saturated rings. The number of halogens is 2. The molecule has 0 aromatic heterocycles. The van der Waals surface area contributed by atoms with Gasteiger partial charge in [-0.15, -0.1) is 0 Å². The van der Waals surface area contributed by atoms with Crippen LogP contribution >= 0.6 is 11.6 Å². The largest absolute Gasteiger partial charge is 0.354 e. The quantitative estimate of drug-likeness (QED) is 0.669. The Balaban J connectivity index is 3.29. The normalized spacial score (nSPS) is 10.2. The van der Waals surface area contributed by atoms with Crippen molar-refractivity contribution in [1.29, 1.82) is 0 Å². The van der Waals surface area contributed by atoms with Crippen LogP contribution < -0.4 is 5.73 Å². The van der Waals surface area contributed by atoms with Gasteiger partial charge in [0.1, 0.15) is 12.4 Å². The van der Waals surface area contributed by atoms with Crippen LogP contribution in [0.15, 0.2) is 12.1 Å². The summed E-state index contributed by atoms with van der Waals surface area (Å²) < 4.78 is 13.1. The lowest BCUT2D eigenvalue weighted by molar-refractivity contribution is -0.386. The number of aryl methyl sites for hydroxylation is 1. The highest BCUT2D eigenvalue weighted by atomic mass is 35.5. The summed E-state index contributed by atoms with van der Waals surface area (Å²) in [6.07, 6.45) is 0. The van der Waals surface area contributed by atoms with Gasteiger partial charge >= 0.3 is 0 Å². The molecule has 0 aliphatic carbocycles. The predicted molar refractivity (Wildman–Crippen MR) is 42.7 cm³/mol. The topological polar surface area (TPSA) is 27.6 Å². The third-order valence-corrected chi connectivity index (χ3v) is 1.98. The fraction of sp³-hybridized carbons (Fsp3) is 0.250. The van der Waals surface area contributed by atoms with Gasteiger partial charge in [-0.2, -0.15) is 0 Å². The molecular formula is C8H10ClFN+. The highest BCUT2D eigenvalue weighted by molar-refractivity contribution is 6.31. The molecule has 1 aromatic rings. The summed E-state index contributed by atoms with van der Waals surface area (Å²) in [5.41, 5.74) is 4.72. The van der Waals surface area contributed by atoms with E-state index in [1.165, 1.54) is 0 Å². The van der Waals surface area contributed by atoms with E-state index in [0.717, 1.165) is 0 Å². The van der Waals surface area contributed by atoms with Crippen molar-refractivity contribution >= 4 is 11.6 Å². The van der Waals surface area contributed by atoms with Crippen molar-refractivity contribution < 1.29 is 10.1 Å². The molecule has 1 rings (SSSR count). The lowest BCUT2D eigenvalue weighted by atomic mass is 10.1. The molecule has 0 saturated heterocycles. The number of rotatable bonds is 1. The van der Waals surface area contributed by atoms with Crippen molar-refractivity contribution in [1.82, 2.24) is 0 Å². The summed E-state index contributed by atoms with van der Waals surface area (Å²) >= 11 is 5.72. The average molecular weight is 175 g/mol. The molecule has 0 amide bonds. The van der Waals surface area contributed by atoms with E-state index >= 15 is 0 Å². The van der Waals surface area contributed by atoms with Crippen LogP contribution in [0, 0.1) is 12.7 Å². The Morgan fingerprint density at radius 1 is 1.55 bits per heavy atom. The monoisotopic (exact) mass is 174 g/mol. The third kappa shape index (κ3) is 1.52. The van der Waals surface area contributed by atoms with Crippen molar-refractivity contribution in [2.75, 3.05) is 0 Å².